The average molecular weight is 195 g/mol. The van der Waals surface area contributed by atoms with Crippen molar-refractivity contribution in [1.82, 2.24) is 25.0 Å². The van der Waals surface area contributed by atoms with Gasteiger partial charge in [-0.1, -0.05) is 0 Å². The summed E-state index contributed by atoms with van der Waals surface area (Å²) in [7, 11) is 0. The van der Waals surface area contributed by atoms with Gasteiger partial charge < -0.3 is 0 Å². The van der Waals surface area contributed by atoms with Gasteiger partial charge in [0, 0.05) is 12.7 Å². The molecule has 0 aliphatic carbocycles. The number of H-pyrrole nitrogens is 2. The first kappa shape index (κ1) is 8.18. The Morgan fingerprint density at radius 3 is 3.00 bits per heavy atom. The van der Waals surface area contributed by atoms with Crippen LogP contribution in [0.25, 0.3) is 11.5 Å². The van der Waals surface area contributed by atoms with Gasteiger partial charge in [-0.25, -0.2) is 0 Å². The molecule has 68 valence electrons. The number of rotatable bonds is 2. The molecule has 6 heteroatoms. The Labute approximate surface area is 79.8 Å². The molecule has 2 rings (SSSR count). The van der Waals surface area contributed by atoms with Crippen LogP contribution in [0, 0.1) is 4.77 Å². The molecule has 0 aliphatic rings. The highest BCUT2D eigenvalue weighted by Gasteiger charge is 2.07. The second-order valence-corrected chi connectivity index (χ2v) is 2.95. The highest BCUT2D eigenvalue weighted by Crippen LogP contribution is 2.12. The molecule has 0 bridgehead atoms. The first-order chi connectivity index (χ1) is 6.33. The topological polar surface area (TPSA) is 62.3 Å². The van der Waals surface area contributed by atoms with E-state index in [-0.39, 0.29) is 0 Å². The normalized spacial score (nSPS) is 10.5. The summed E-state index contributed by atoms with van der Waals surface area (Å²) >= 11 is 5.06. The summed E-state index contributed by atoms with van der Waals surface area (Å²) in [6, 6.07) is 1.86. The zero-order valence-corrected chi connectivity index (χ0v) is 7.93. The molecule has 0 amide bonds. The quantitative estimate of drug-likeness (QED) is 0.711. The lowest BCUT2D eigenvalue weighted by Crippen LogP contribution is -1.97. The van der Waals surface area contributed by atoms with Crippen LogP contribution in [0.3, 0.4) is 0 Å². The maximum absolute atomic E-state index is 5.06. The first-order valence-corrected chi connectivity index (χ1v) is 4.38. The van der Waals surface area contributed by atoms with Crippen molar-refractivity contribution < 1.29 is 0 Å². The summed E-state index contributed by atoms with van der Waals surface area (Å²) < 4.78 is 2.54. The van der Waals surface area contributed by atoms with Crippen LogP contribution >= 0.6 is 12.2 Å². The average Bonchev–Trinajstić information content (AvgIpc) is 2.71. The predicted octanol–water partition coefficient (Wildman–Crippen LogP) is 1.35. The minimum Gasteiger partial charge on any atom is -0.299 e. The largest absolute Gasteiger partial charge is 0.299 e. The summed E-state index contributed by atoms with van der Waals surface area (Å²) in [6.45, 7) is 2.81. The highest BCUT2D eigenvalue weighted by molar-refractivity contribution is 7.71. The van der Waals surface area contributed by atoms with Gasteiger partial charge >= 0.3 is 0 Å². The van der Waals surface area contributed by atoms with E-state index in [0.717, 1.165) is 18.1 Å². The van der Waals surface area contributed by atoms with Crippen molar-refractivity contribution in [3.05, 3.63) is 17.0 Å². The van der Waals surface area contributed by atoms with Crippen LogP contribution in [-0.2, 0) is 6.54 Å². The minimum atomic E-state index is 0.632. The van der Waals surface area contributed by atoms with Crippen molar-refractivity contribution in [2.45, 2.75) is 13.5 Å². The third-order valence-electron chi connectivity index (χ3n) is 1.82. The summed E-state index contributed by atoms with van der Waals surface area (Å²) in [5.74, 6) is 0.796. The van der Waals surface area contributed by atoms with Gasteiger partial charge in [-0.2, -0.15) is 10.2 Å². The summed E-state index contributed by atoms with van der Waals surface area (Å²) in [5.41, 5.74) is 0.870. The van der Waals surface area contributed by atoms with Crippen LogP contribution in [-0.4, -0.2) is 25.0 Å². The van der Waals surface area contributed by atoms with Crippen molar-refractivity contribution in [3.63, 3.8) is 0 Å². The lowest BCUT2D eigenvalue weighted by Gasteiger charge is -1.98. The van der Waals surface area contributed by atoms with E-state index in [1.807, 2.05) is 17.6 Å². The zero-order valence-electron chi connectivity index (χ0n) is 7.11. The Morgan fingerprint density at radius 1 is 1.54 bits per heavy atom. The molecule has 0 saturated heterocycles. The molecule has 2 aromatic heterocycles. The number of hydrogen-bond donors (Lipinski definition) is 2. The number of aromatic nitrogens is 5. The molecule has 0 aromatic carbocycles. The van der Waals surface area contributed by atoms with Gasteiger partial charge in [0.15, 0.2) is 10.6 Å². The molecule has 13 heavy (non-hydrogen) atoms. The van der Waals surface area contributed by atoms with Crippen LogP contribution < -0.4 is 0 Å². The maximum atomic E-state index is 5.06. The first-order valence-electron chi connectivity index (χ1n) is 3.98. The monoisotopic (exact) mass is 195 g/mol. The molecule has 0 unspecified atom stereocenters. The molecule has 0 radical (unpaired) electrons. The van der Waals surface area contributed by atoms with E-state index in [1.54, 1.807) is 6.20 Å². The minimum absolute atomic E-state index is 0.632. The SMILES string of the molecule is CCn1c(-c2ccn[nH]2)n[nH]c1=S. The van der Waals surface area contributed by atoms with Crippen molar-refractivity contribution in [1.29, 1.82) is 0 Å². The summed E-state index contributed by atoms with van der Waals surface area (Å²) in [6.07, 6.45) is 1.69. The number of hydrogen-bond acceptors (Lipinski definition) is 3. The third kappa shape index (κ3) is 1.29. The molecule has 0 aliphatic heterocycles. The fraction of sp³-hybridized carbons (Fsp3) is 0.286. The van der Waals surface area contributed by atoms with E-state index in [1.165, 1.54) is 0 Å². The summed E-state index contributed by atoms with van der Waals surface area (Å²) in [4.78, 5) is 0. The van der Waals surface area contributed by atoms with E-state index in [2.05, 4.69) is 20.4 Å². The third-order valence-corrected chi connectivity index (χ3v) is 2.13. The Morgan fingerprint density at radius 2 is 2.38 bits per heavy atom. The zero-order chi connectivity index (χ0) is 9.26. The van der Waals surface area contributed by atoms with Crippen molar-refractivity contribution in [3.8, 4) is 11.5 Å². The van der Waals surface area contributed by atoms with E-state index in [4.69, 9.17) is 12.2 Å². The molecule has 2 aromatic rings. The second-order valence-electron chi connectivity index (χ2n) is 2.57. The predicted molar refractivity (Wildman–Crippen MR) is 50.7 cm³/mol. The van der Waals surface area contributed by atoms with Gasteiger partial charge in [-0.05, 0) is 25.2 Å². The molecule has 0 fully saturated rings. The molecule has 0 saturated carbocycles. The van der Waals surface area contributed by atoms with E-state index in [9.17, 15) is 0 Å². The van der Waals surface area contributed by atoms with Crippen molar-refractivity contribution in [2.75, 3.05) is 0 Å². The van der Waals surface area contributed by atoms with Crippen LogP contribution in [0.1, 0.15) is 6.92 Å². The highest BCUT2D eigenvalue weighted by atomic mass is 32.1. The molecule has 2 N–H and O–H groups in total. The lowest BCUT2D eigenvalue weighted by atomic mass is 10.4. The fourth-order valence-corrected chi connectivity index (χ4v) is 1.46. The number of nitrogens with one attached hydrogen (secondary N) is 2. The molecule has 0 spiro atoms. The van der Waals surface area contributed by atoms with Crippen LogP contribution in [0.15, 0.2) is 12.3 Å². The van der Waals surface area contributed by atoms with Gasteiger partial charge in [0.1, 0.15) is 5.69 Å². The van der Waals surface area contributed by atoms with Gasteiger partial charge in [0.25, 0.3) is 0 Å². The maximum Gasteiger partial charge on any atom is 0.195 e. The number of aromatic amines is 2. The van der Waals surface area contributed by atoms with Crippen LogP contribution in [0.4, 0.5) is 0 Å². The molecule has 0 atom stereocenters. The smallest absolute Gasteiger partial charge is 0.195 e. The summed E-state index contributed by atoms with van der Waals surface area (Å²) in [5, 5.41) is 13.5. The molecule has 5 nitrogen and oxygen atoms in total. The van der Waals surface area contributed by atoms with Gasteiger partial charge in [0.2, 0.25) is 0 Å². The standard InChI is InChI=1S/C7H9N5S/c1-2-12-6(10-11-7(12)13)5-3-4-8-9-5/h3-4H,2H2,1H3,(H,8,9)(H,11,13). The van der Waals surface area contributed by atoms with Crippen molar-refractivity contribution in [2.24, 2.45) is 0 Å². The van der Waals surface area contributed by atoms with Crippen LogP contribution in [0.2, 0.25) is 0 Å². The molecular weight excluding hydrogens is 186 g/mol. The van der Waals surface area contributed by atoms with E-state index in [0.29, 0.717) is 4.77 Å². The Balaban J connectivity index is 2.58. The van der Waals surface area contributed by atoms with Crippen molar-refractivity contribution >= 4 is 12.2 Å². The molecule has 2 heterocycles. The van der Waals surface area contributed by atoms with Gasteiger partial charge in [0.05, 0.1) is 0 Å². The van der Waals surface area contributed by atoms with Gasteiger partial charge in [-0.15, -0.1) is 0 Å². The second kappa shape index (κ2) is 3.14. The Hall–Kier alpha value is -1.43. The molecular formula is C7H9N5S. The van der Waals surface area contributed by atoms with E-state index < -0.39 is 0 Å². The van der Waals surface area contributed by atoms with E-state index >= 15 is 0 Å². The fourth-order valence-electron chi connectivity index (χ4n) is 1.20. The Bertz CT molecular complexity index is 438. The van der Waals surface area contributed by atoms with Gasteiger partial charge in [-0.3, -0.25) is 14.8 Å². The lowest BCUT2D eigenvalue weighted by molar-refractivity contribution is 0.753. The Kier molecular flexibility index (Phi) is 1.97. The number of nitrogens with zero attached hydrogens (tertiary/aromatic N) is 3. The van der Waals surface area contributed by atoms with Crippen LogP contribution in [0.5, 0.6) is 0 Å².